The largest absolute Gasteiger partial charge is 0.399 e. The van der Waals surface area contributed by atoms with Crippen LogP contribution in [0.2, 0.25) is 0 Å². The van der Waals surface area contributed by atoms with E-state index < -0.39 is 6.17 Å². The zero-order valence-electron chi connectivity index (χ0n) is 4.72. The van der Waals surface area contributed by atoms with Crippen LogP contribution in [0.15, 0.2) is 5.16 Å². The Morgan fingerprint density at radius 1 is 1.88 bits per heavy atom. The highest BCUT2D eigenvalue weighted by Crippen LogP contribution is 2.19. The Labute approximate surface area is 47.3 Å². The Bertz CT molecular complexity index is 113. The lowest BCUT2D eigenvalue weighted by Gasteiger charge is -2.18. The van der Waals surface area contributed by atoms with Crippen LogP contribution in [0.4, 0.5) is 4.39 Å². The van der Waals surface area contributed by atoms with Gasteiger partial charge in [0.2, 0.25) is 0 Å². The number of nitrogens with zero attached hydrogens (tertiary/aromatic N) is 1. The summed E-state index contributed by atoms with van der Waals surface area (Å²) < 4.78 is 12.2. The molecule has 1 aliphatic rings. The van der Waals surface area contributed by atoms with Crippen molar-refractivity contribution in [3.05, 3.63) is 0 Å². The van der Waals surface area contributed by atoms with Crippen molar-refractivity contribution < 1.29 is 9.23 Å². The standard InChI is InChI=1S/C5H8FNO/c1-8-7-5-3-2-4(5)6/h4H,2-3H2,1H3/b7-5-. The molecule has 0 aromatic carbocycles. The first-order chi connectivity index (χ1) is 3.84. The Morgan fingerprint density at radius 2 is 2.62 bits per heavy atom. The van der Waals surface area contributed by atoms with Crippen LogP contribution in [0, 0.1) is 0 Å². The first kappa shape index (κ1) is 5.54. The molecule has 0 saturated heterocycles. The van der Waals surface area contributed by atoms with Crippen LogP contribution in [0.3, 0.4) is 0 Å². The maximum absolute atomic E-state index is 12.2. The molecule has 8 heavy (non-hydrogen) atoms. The maximum Gasteiger partial charge on any atom is 0.142 e. The fourth-order valence-electron chi connectivity index (χ4n) is 0.603. The van der Waals surface area contributed by atoms with E-state index in [2.05, 4.69) is 9.99 Å². The van der Waals surface area contributed by atoms with Gasteiger partial charge >= 0.3 is 0 Å². The molecule has 3 heteroatoms. The van der Waals surface area contributed by atoms with E-state index in [0.717, 1.165) is 6.42 Å². The minimum absolute atomic E-state index is 0.549. The van der Waals surface area contributed by atoms with Crippen molar-refractivity contribution in [3.63, 3.8) is 0 Å². The summed E-state index contributed by atoms with van der Waals surface area (Å²) in [6.45, 7) is 0. The molecule has 2 nitrogen and oxygen atoms in total. The van der Waals surface area contributed by atoms with Gasteiger partial charge in [0.1, 0.15) is 13.3 Å². The third-order valence-corrected chi connectivity index (χ3v) is 1.22. The number of alkyl halides is 1. The number of halogens is 1. The van der Waals surface area contributed by atoms with Gasteiger partial charge in [-0.15, -0.1) is 0 Å². The van der Waals surface area contributed by atoms with Crippen LogP contribution in [0.25, 0.3) is 0 Å². The molecule has 1 atom stereocenters. The zero-order chi connectivity index (χ0) is 5.98. The van der Waals surface area contributed by atoms with Crippen molar-refractivity contribution in [1.29, 1.82) is 0 Å². The van der Waals surface area contributed by atoms with Crippen LogP contribution in [-0.4, -0.2) is 19.0 Å². The van der Waals surface area contributed by atoms with Crippen LogP contribution in [0.1, 0.15) is 12.8 Å². The van der Waals surface area contributed by atoms with Gasteiger partial charge in [0, 0.05) is 0 Å². The fraction of sp³-hybridized carbons (Fsp3) is 0.800. The van der Waals surface area contributed by atoms with E-state index in [-0.39, 0.29) is 0 Å². The van der Waals surface area contributed by atoms with E-state index >= 15 is 0 Å². The quantitative estimate of drug-likeness (QED) is 0.471. The third kappa shape index (κ3) is 0.804. The minimum Gasteiger partial charge on any atom is -0.399 e. The second kappa shape index (κ2) is 2.11. The van der Waals surface area contributed by atoms with Gasteiger partial charge in [-0.3, -0.25) is 0 Å². The summed E-state index contributed by atoms with van der Waals surface area (Å²) >= 11 is 0. The summed E-state index contributed by atoms with van der Waals surface area (Å²) in [6.07, 6.45) is 0.548. The SMILES string of the molecule is CO/N=C1/CCC1F. The second-order valence-electron chi connectivity index (χ2n) is 1.77. The summed E-state index contributed by atoms with van der Waals surface area (Å²) in [4.78, 5) is 4.36. The van der Waals surface area contributed by atoms with E-state index in [1.165, 1.54) is 7.11 Å². The monoisotopic (exact) mass is 117 g/mol. The van der Waals surface area contributed by atoms with E-state index in [0.29, 0.717) is 12.1 Å². The molecule has 1 unspecified atom stereocenters. The highest BCUT2D eigenvalue weighted by atomic mass is 19.1. The molecule has 0 amide bonds. The number of hydrogen-bond donors (Lipinski definition) is 0. The Hall–Kier alpha value is -0.600. The summed E-state index contributed by atoms with van der Waals surface area (Å²) in [7, 11) is 1.43. The molecule has 1 rings (SSSR count). The Balaban J connectivity index is 2.36. The van der Waals surface area contributed by atoms with E-state index in [4.69, 9.17) is 0 Å². The van der Waals surface area contributed by atoms with Gasteiger partial charge in [0.25, 0.3) is 0 Å². The van der Waals surface area contributed by atoms with Gasteiger partial charge in [0.05, 0.1) is 5.71 Å². The van der Waals surface area contributed by atoms with E-state index in [1.54, 1.807) is 0 Å². The molecule has 0 heterocycles. The number of rotatable bonds is 1. The molecule has 0 aromatic rings. The summed E-state index contributed by atoms with van der Waals surface area (Å²) in [5, 5.41) is 3.45. The molecule has 0 aliphatic heterocycles. The predicted molar refractivity (Wildman–Crippen MR) is 28.6 cm³/mol. The summed E-state index contributed by atoms with van der Waals surface area (Å²) in [5.74, 6) is 0. The normalized spacial score (nSPS) is 32.2. The van der Waals surface area contributed by atoms with Crippen molar-refractivity contribution in [2.24, 2.45) is 5.16 Å². The predicted octanol–water partition coefficient (Wildman–Crippen LogP) is 1.12. The molecule has 0 spiro atoms. The van der Waals surface area contributed by atoms with E-state index in [9.17, 15) is 4.39 Å². The molecule has 46 valence electrons. The summed E-state index contributed by atoms with van der Waals surface area (Å²) in [6, 6.07) is 0. The van der Waals surface area contributed by atoms with Crippen molar-refractivity contribution in [1.82, 2.24) is 0 Å². The second-order valence-corrected chi connectivity index (χ2v) is 1.77. The smallest absolute Gasteiger partial charge is 0.142 e. The number of oxime groups is 1. The van der Waals surface area contributed by atoms with Gasteiger partial charge < -0.3 is 4.84 Å². The van der Waals surface area contributed by atoms with Crippen LogP contribution in [-0.2, 0) is 4.84 Å². The fourth-order valence-corrected chi connectivity index (χ4v) is 0.603. The van der Waals surface area contributed by atoms with Crippen LogP contribution >= 0.6 is 0 Å². The van der Waals surface area contributed by atoms with Crippen LogP contribution in [0.5, 0.6) is 0 Å². The highest BCUT2D eigenvalue weighted by molar-refractivity contribution is 5.93. The average molecular weight is 117 g/mol. The Kier molecular flexibility index (Phi) is 1.46. The van der Waals surface area contributed by atoms with Gasteiger partial charge in [-0.2, -0.15) is 0 Å². The lowest BCUT2D eigenvalue weighted by molar-refractivity contribution is 0.202. The highest BCUT2D eigenvalue weighted by Gasteiger charge is 2.25. The first-order valence-corrected chi connectivity index (χ1v) is 2.58. The van der Waals surface area contributed by atoms with E-state index in [1.807, 2.05) is 0 Å². The molecule has 0 radical (unpaired) electrons. The topological polar surface area (TPSA) is 21.6 Å². The first-order valence-electron chi connectivity index (χ1n) is 2.58. The molecule has 0 aromatic heterocycles. The van der Waals surface area contributed by atoms with Crippen molar-refractivity contribution in [3.8, 4) is 0 Å². The molecule has 0 bridgehead atoms. The van der Waals surface area contributed by atoms with Crippen molar-refractivity contribution >= 4 is 5.71 Å². The lowest BCUT2D eigenvalue weighted by Crippen LogP contribution is -2.27. The van der Waals surface area contributed by atoms with Crippen LogP contribution < -0.4 is 0 Å². The lowest BCUT2D eigenvalue weighted by atomic mass is 9.95. The van der Waals surface area contributed by atoms with Gasteiger partial charge in [-0.25, -0.2) is 4.39 Å². The molecule has 1 aliphatic carbocycles. The summed E-state index contributed by atoms with van der Waals surface area (Å²) in [5.41, 5.74) is 0.549. The molecule has 1 fully saturated rings. The molecular formula is C5H8FNO. The average Bonchev–Trinajstić information content (AvgIpc) is 1.79. The van der Waals surface area contributed by atoms with Gasteiger partial charge in [-0.05, 0) is 12.8 Å². The maximum atomic E-state index is 12.2. The Morgan fingerprint density at radius 3 is 2.75 bits per heavy atom. The molecule has 1 saturated carbocycles. The molecule has 0 N–H and O–H groups in total. The third-order valence-electron chi connectivity index (χ3n) is 1.22. The van der Waals surface area contributed by atoms with Crippen molar-refractivity contribution in [2.75, 3.05) is 7.11 Å². The zero-order valence-corrected chi connectivity index (χ0v) is 4.72. The number of hydrogen-bond acceptors (Lipinski definition) is 2. The van der Waals surface area contributed by atoms with Gasteiger partial charge in [0.15, 0.2) is 0 Å². The van der Waals surface area contributed by atoms with Crippen molar-refractivity contribution in [2.45, 2.75) is 19.0 Å². The van der Waals surface area contributed by atoms with Gasteiger partial charge in [-0.1, -0.05) is 5.16 Å². The molecular weight excluding hydrogens is 109 g/mol. The minimum atomic E-state index is -0.824.